The predicted octanol–water partition coefficient (Wildman–Crippen LogP) is 3.80. The minimum absolute atomic E-state index is 0.163. The highest BCUT2D eigenvalue weighted by atomic mass is 16.5. The molecule has 0 fully saturated rings. The van der Waals surface area contributed by atoms with Crippen molar-refractivity contribution < 1.29 is 18.8 Å². The Kier molecular flexibility index (Phi) is 4.40. The van der Waals surface area contributed by atoms with E-state index in [1.165, 1.54) is 0 Å². The van der Waals surface area contributed by atoms with E-state index in [4.69, 9.17) is 9.26 Å². The van der Waals surface area contributed by atoms with Crippen LogP contribution in [0.3, 0.4) is 0 Å². The van der Waals surface area contributed by atoms with Gasteiger partial charge in [-0.15, -0.1) is 0 Å². The third-order valence-electron chi connectivity index (χ3n) is 5.65. The second kappa shape index (κ2) is 6.65. The number of aryl methyl sites for hydroxylation is 1. The molecular weight excluding hydrogens is 358 g/mol. The third kappa shape index (κ3) is 3.37. The van der Waals surface area contributed by atoms with Crippen LogP contribution in [0.5, 0.6) is 5.75 Å². The molecule has 2 amide bonds. The summed E-state index contributed by atoms with van der Waals surface area (Å²) in [6.07, 6.45) is 2.09. The molecule has 0 spiro atoms. The number of carbonyl (C=O) groups is 2. The number of ether oxygens (including phenoxy) is 1. The number of hydrogen-bond donors (Lipinski definition) is 2. The van der Waals surface area contributed by atoms with Crippen LogP contribution in [-0.4, -0.2) is 23.1 Å². The number of benzene rings is 1. The first-order valence-electron chi connectivity index (χ1n) is 9.62. The van der Waals surface area contributed by atoms with Crippen molar-refractivity contribution in [2.45, 2.75) is 53.1 Å². The number of nitrogens with one attached hydrogen (secondary N) is 2. The molecule has 7 nitrogen and oxygen atoms in total. The zero-order chi connectivity index (χ0) is 20.1. The van der Waals surface area contributed by atoms with E-state index in [0.717, 1.165) is 30.6 Å². The highest BCUT2D eigenvalue weighted by molar-refractivity contribution is 6.05. The molecule has 7 heteroatoms. The molecule has 0 saturated heterocycles. The maximum Gasteiger partial charge on any atom is 0.278 e. The molecule has 2 heterocycles. The van der Waals surface area contributed by atoms with Crippen molar-refractivity contribution in [1.29, 1.82) is 0 Å². The van der Waals surface area contributed by atoms with Crippen LogP contribution >= 0.6 is 0 Å². The summed E-state index contributed by atoms with van der Waals surface area (Å²) in [5.41, 5.74) is 2.51. The number of anilines is 2. The van der Waals surface area contributed by atoms with Crippen LogP contribution in [0.4, 0.5) is 11.4 Å². The smallest absolute Gasteiger partial charge is 0.278 e. The van der Waals surface area contributed by atoms with Crippen molar-refractivity contribution in [3.8, 4) is 5.75 Å². The molecule has 1 aliphatic heterocycles. The van der Waals surface area contributed by atoms with E-state index in [1.807, 2.05) is 0 Å². The molecule has 0 unspecified atom stereocenters. The molecule has 1 aliphatic carbocycles. The Labute approximate surface area is 163 Å². The molecule has 1 aromatic heterocycles. The monoisotopic (exact) mass is 383 g/mol. The fourth-order valence-electron chi connectivity index (χ4n) is 3.80. The third-order valence-corrected chi connectivity index (χ3v) is 5.65. The second-order valence-corrected chi connectivity index (χ2v) is 8.65. The molecular formula is C21H25N3O4. The molecule has 4 rings (SSSR count). The number of carbonyl (C=O) groups excluding carboxylic acids is 2. The summed E-state index contributed by atoms with van der Waals surface area (Å²) in [5, 5.41) is 9.68. The summed E-state index contributed by atoms with van der Waals surface area (Å²) in [6, 6.07) is 5.15. The molecule has 1 aromatic carbocycles. The van der Waals surface area contributed by atoms with Gasteiger partial charge in [-0.2, -0.15) is 0 Å². The molecule has 2 atom stereocenters. The van der Waals surface area contributed by atoms with E-state index in [0.29, 0.717) is 28.7 Å². The fourth-order valence-corrected chi connectivity index (χ4v) is 3.80. The summed E-state index contributed by atoms with van der Waals surface area (Å²) < 4.78 is 11.0. The number of nitrogens with zero attached hydrogens (tertiary/aromatic N) is 1. The zero-order valence-corrected chi connectivity index (χ0v) is 16.6. The van der Waals surface area contributed by atoms with Gasteiger partial charge < -0.3 is 19.9 Å². The number of fused-ring (bicyclic) bond motifs is 2. The topological polar surface area (TPSA) is 93.5 Å². The highest BCUT2D eigenvalue weighted by Gasteiger charge is 2.34. The van der Waals surface area contributed by atoms with Gasteiger partial charge in [0.05, 0.1) is 5.69 Å². The lowest BCUT2D eigenvalue weighted by Crippen LogP contribution is -2.34. The van der Waals surface area contributed by atoms with Crippen LogP contribution in [-0.2, 0) is 17.6 Å². The van der Waals surface area contributed by atoms with Gasteiger partial charge >= 0.3 is 0 Å². The molecule has 2 aliphatic rings. The van der Waals surface area contributed by atoms with Gasteiger partial charge in [0.15, 0.2) is 11.8 Å². The Morgan fingerprint density at radius 1 is 1.32 bits per heavy atom. The van der Waals surface area contributed by atoms with Crippen molar-refractivity contribution in [3.63, 3.8) is 0 Å². The van der Waals surface area contributed by atoms with Crippen LogP contribution in [0.25, 0.3) is 0 Å². The van der Waals surface area contributed by atoms with E-state index in [2.05, 4.69) is 36.6 Å². The number of amides is 2. The SMILES string of the molecule is C[C@@H]1Oc2ccc(NC(=O)c3noc4c3C[C@@H](C(C)(C)C)CC4)cc2NC1=O. The molecule has 148 valence electrons. The number of rotatable bonds is 2. The van der Waals surface area contributed by atoms with Gasteiger partial charge in [0.1, 0.15) is 11.5 Å². The lowest BCUT2D eigenvalue weighted by molar-refractivity contribution is -0.122. The van der Waals surface area contributed by atoms with E-state index in [1.54, 1.807) is 25.1 Å². The highest BCUT2D eigenvalue weighted by Crippen LogP contribution is 2.38. The van der Waals surface area contributed by atoms with Gasteiger partial charge in [0, 0.05) is 17.7 Å². The van der Waals surface area contributed by atoms with Crippen molar-refractivity contribution in [2.75, 3.05) is 10.6 Å². The lowest BCUT2D eigenvalue weighted by Gasteiger charge is -2.33. The Morgan fingerprint density at radius 2 is 2.11 bits per heavy atom. The summed E-state index contributed by atoms with van der Waals surface area (Å²) in [4.78, 5) is 24.6. The van der Waals surface area contributed by atoms with Gasteiger partial charge in [0.2, 0.25) is 0 Å². The Balaban J connectivity index is 1.54. The summed E-state index contributed by atoms with van der Waals surface area (Å²) in [6.45, 7) is 8.35. The van der Waals surface area contributed by atoms with Crippen LogP contribution < -0.4 is 15.4 Å². The number of aromatic nitrogens is 1. The normalized spacial score (nSPS) is 21.2. The summed E-state index contributed by atoms with van der Waals surface area (Å²) >= 11 is 0. The van der Waals surface area contributed by atoms with Crippen LogP contribution in [0.2, 0.25) is 0 Å². The van der Waals surface area contributed by atoms with Gasteiger partial charge in [-0.1, -0.05) is 25.9 Å². The van der Waals surface area contributed by atoms with Crippen molar-refractivity contribution >= 4 is 23.2 Å². The Hall–Kier alpha value is -2.83. The van der Waals surface area contributed by atoms with Gasteiger partial charge in [-0.05, 0) is 49.3 Å². The van der Waals surface area contributed by atoms with Crippen molar-refractivity contribution in [1.82, 2.24) is 5.16 Å². The van der Waals surface area contributed by atoms with Crippen LogP contribution in [0.1, 0.15) is 55.9 Å². The molecule has 28 heavy (non-hydrogen) atoms. The molecule has 0 radical (unpaired) electrons. The Bertz CT molecular complexity index is 942. The molecule has 0 bridgehead atoms. The Morgan fingerprint density at radius 3 is 2.86 bits per heavy atom. The van der Waals surface area contributed by atoms with E-state index in [9.17, 15) is 9.59 Å². The maximum absolute atomic E-state index is 12.8. The van der Waals surface area contributed by atoms with Gasteiger partial charge in [-0.25, -0.2) is 0 Å². The maximum atomic E-state index is 12.8. The van der Waals surface area contributed by atoms with Crippen LogP contribution in [0, 0.1) is 11.3 Å². The average Bonchev–Trinajstić information content (AvgIpc) is 3.05. The van der Waals surface area contributed by atoms with E-state index >= 15 is 0 Å². The summed E-state index contributed by atoms with van der Waals surface area (Å²) in [5.74, 6) is 1.34. The largest absolute Gasteiger partial charge is 0.479 e. The predicted molar refractivity (Wildman–Crippen MR) is 105 cm³/mol. The standard InChI is InChI=1S/C21H25N3O4/c1-11-19(25)23-15-10-13(6-8-17(15)27-11)22-20(26)18-14-9-12(21(2,3)4)5-7-16(14)28-24-18/h6,8,10-12H,5,7,9H2,1-4H3,(H,22,26)(H,23,25)/t11-,12-/m0/s1. The van der Waals surface area contributed by atoms with Crippen LogP contribution in [0.15, 0.2) is 22.7 Å². The first-order chi connectivity index (χ1) is 13.2. The minimum Gasteiger partial charge on any atom is -0.479 e. The minimum atomic E-state index is -0.537. The quantitative estimate of drug-likeness (QED) is 0.823. The van der Waals surface area contributed by atoms with E-state index < -0.39 is 6.10 Å². The molecule has 2 N–H and O–H groups in total. The first kappa shape index (κ1) is 18.5. The van der Waals surface area contributed by atoms with E-state index in [-0.39, 0.29) is 17.2 Å². The van der Waals surface area contributed by atoms with Crippen molar-refractivity contribution in [3.05, 3.63) is 35.2 Å². The van der Waals surface area contributed by atoms with Crippen molar-refractivity contribution in [2.24, 2.45) is 11.3 Å². The van der Waals surface area contributed by atoms with Gasteiger partial charge in [-0.3, -0.25) is 9.59 Å². The zero-order valence-electron chi connectivity index (χ0n) is 16.6. The molecule has 0 saturated carbocycles. The molecule has 2 aromatic rings. The average molecular weight is 383 g/mol. The van der Waals surface area contributed by atoms with Gasteiger partial charge in [0.25, 0.3) is 11.8 Å². The first-order valence-corrected chi connectivity index (χ1v) is 9.62. The fraction of sp³-hybridized carbons (Fsp3) is 0.476. The summed E-state index contributed by atoms with van der Waals surface area (Å²) in [7, 11) is 0. The lowest BCUT2D eigenvalue weighted by atomic mass is 9.71. The number of hydrogen-bond acceptors (Lipinski definition) is 5. The second-order valence-electron chi connectivity index (χ2n) is 8.65.